The van der Waals surface area contributed by atoms with Crippen LogP contribution in [0.4, 0.5) is 0 Å². The monoisotopic (exact) mass is 259 g/mol. The van der Waals surface area contributed by atoms with Gasteiger partial charge in [0.25, 0.3) is 5.91 Å². The lowest BCUT2D eigenvalue weighted by Gasteiger charge is -2.21. The molecule has 0 bridgehead atoms. The second-order valence-electron chi connectivity index (χ2n) is 5.55. The molecule has 1 aliphatic heterocycles. The topological polar surface area (TPSA) is 67.5 Å². The predicted molar refractivity (Wildman–Crippen MR) is 76.9 cm³/mol. The summed E-state index contributed by atoms with van der Waals surface area (Å²) in [7, 11) is 0. The molecule has 1 aromatic carbocycles. The Bertz CT molecular complexity index is 495. The van der Waals surface area contributed by atoms with Crippen molar-refractivity contribution in [2.45, 2.75) is 38.8 Å². The van der Waals surface area contributed by atoms with E-state index in [9.17, 15) is 4.79 Å². The Balaban J connectivity index is 2.13. The lowest BCUT2D eigenvalue weighted by atomic mass is 9.89. The number of nitrogens with zero attached hydrogens (tertiary/aromatic N) is 1. The van der Waals surface area contributed by atoms with Gasteiger partial charge in [0.1, 0.15) is 11.4 Å². The number of hydrogen-bond donors (Lipinski definition) is 2. The van der Waals surface area contributed by atoms with Crippen LogP contribution in [0.15, 0.2) is 35.3 Å². The lowest BCUT2D eigenvalue weighted by Crippen LogP contribution is -2.44. The zero-order valence-electron chi connectivity index (χ0n) is 11.7. The van der Waals surface area contributed by atoms with Crippen molar-refractivity contribution in [2.75, 3.05) is 0 Å². The van der Waals surface area contributed by atoms with Crippen molar-refractivity contribution in [3.63, 3.8) is 0 Å². The molecule has 0 radical (unpaired) electrons. The SMILES string of the molecule is CC(C)C1(C)N=C([C@@H](N)Cc2ccccc2)NC1=O. The Morgan fingerprint density at radius 3 is 2.47 bits per heavy atom. The van der Waals surface area contributed by atoms with E-state index in [1.54, 1.807) is 0 Å². The van der Waals surface area contributed by atoms with Crippen molar-refractivity contribution in [3.05, 3.63) is 35.9 Å². The number of carbonyl (C=O) groups is 1. The molecular formula is C15H21N3O. The average Bonchev–Trinajstić information content (AvgIpc) is 2.68. The van der Waals surface area contributed by atoms with Crippen LogP contribution in [0, 0.1) is 5.92 Å². The molecule has 0 aromatic heterocycles. The van der Waals surface area contributed by atoms with Crippen LogP contribution in [0.1, 0.15) is 26.3 Å². The summed E-state index contributed by atoms with van der Waals surface area (Å²) in [4.78, 5) is 16.6. The summed E-state index contributed by atoms with van der Waals surface area (Å²) >= 11 is 0. The molecule has 0 spiro atoms. The minimum atomic E-state index is -0.691. The number of hydrogen-bond acceptors (Lipinski definition) is 3. The smallest absolute Gasteiger partial charge is 0.253 e. The fourth-order valence-corrected chi connectivity index (χ4v) is 2.10. The minimum absolute atomic E-state index is 0.0546. The summed E-state index contributed by atoms with van der Waals surface area (Å²) in [5.41, 5.74) is 6.60. The van der Waals surface area contributed by atoms with E-state index in [2.05, 4.69) is 10.3 Å². The highest BCUT2D eigenvalue weighted by Gasteiger charge is 2.42. The average molecular weight is 259 g/mol. The molecule has 2 rings (SSSR count). The van der Waals surface area contributed by atoms with Crippen LogP contribution < -0.4 is 11.1 Å². The van der Waals surface area contributed by atoms with E-state index in [-0.39, 0.29) is 17.9 Å². The Kier molecular flexibility index (Phi) is 3.71. The molecule has 1 aromatic rings. The highest BCUT2D eigenvalue weighted by molar-refractivity contribution is 6.10. The van der Waals surface area contributed by atoms with Gasteiger partial charge in [0.15, 0.2) is 0 Å². The predicted octanol–water partition coefficient (Wildman–Crippen LogP) is 1.50. The quantitative estimate of drug-likeness (QED) is 0.860. The summed E-state index contributed by atoms with van der Waals surface area (Å²) in [6, 6.07) is 9.72. The summed E-state index contributed by atoms with van der Waals surface area (Å²) in [6.07, 6.45) is 0.675. The maximum absolute atomic E-state index is 12.0. The van der Waals surface area contributed by atoms with Gasteiger partial charge in [-0.3, -0.25) is 9.79 Å². The van der Waals surface area contributed by atoms with Gasteiger partial charge >= 0.3 is 0 Å². The van der Waals surface area contributed by atoms with Crippen LogP contribution in [0.2, 0.25) is 0 Å². The maximum atomic E-state index is 12.0. The highest BCUT2D eigenvalue weighted by atomic mass is 16.2. The van der Waals surface area contributed by atoms with Gasteiger partial charge in [0.05, 0.1) is 6.04 Å². The zero-order valence-corrected chi connectivity index (χ0v) is 11.7. The Morgan fingerprint density at radius 1 is 1.32 bits per heavy atom. The molecule has 0 saturated heterocycles. The number of benzene rings is 1. The van der Waals surface area contributed by atoms with Crippen LogP contribution >= 0.6 is 0 Å². The first-order valence-corrected chi connectivity index (χ1v) is 6.64. The second kappa shape index (κ2) is 5.13. The number of amides is 1. The molecule has 102 valence electrons. The number of rotatable bonds is 4. The van der Waals surface area contributed by atoms with Crippen molar-refractivity contribution in [1.82, 2.24) is 5.32 Å². The molecule has 1 heterocycles. The van der Waals surface area contributed by atoms with E-state index < -0.39 is 5.54 Å². The number of amidine groups is 1. The Morgan fingerprint density at radius 2 is 1.95 bits per heavy atom. The fraction of sp³-hybridized carbons (Fsp3) is 0.467. The Labute approximate surface area is 114 Å². The van der Waals surface area contributed by atoms with Crippen LogP contribution in [0.25, 0.3) is 0 Å². The zero-order chi connectivity index (χ0) is 14.0. The number of carbonyl (C=O) groups excluding carboxylic acids is 1. The summed E-state index contributed by atoms with van der Waals surface area (Å²) < 4.78 is 0. The highest BCUT2D eigenvalue weighted by Crippen LogP contribution is 2.26. The van der Waals surface area contributed by atoms with E-state index >= 15 is 0 Å². The van der Waals surface area contributed by atoms with Crippen molar-refractivity contribution >= 4 is 11.7 Å². The molecular weight excluding hydrogens is 238 g/mol. The van der Waals surface area contributed by atoms with Crippen molar-refractivity contribution < 1.29 is 4.79 Å². The third-order valence-electron chi connectivity index (χ3n) is 3.83. The molecule has 1 amide bonds. The largest absolute Gasteiger partial charge is 0.321 e. The third-order valence-corrected chi connectivity index (χ3v) is 3.83. The van der Waals surface area contributed by atoms with Crippen molar-refractivity contribution in [2.24, 2.45) is 16.6 Å². The van der Waals surface area contributed by atoms with Gasteiger partial charge in [0.2, 0.25) is 0 Å². The molecule has 19 heavy (non-hydrogen) atoms. The van der Waals surface area contributed by atoms with E-state index in [0.29, 0.717) is 12.3 Å². The first-order valence-electron chi connectivity index (χ1n) is 6.64. The molecule has 1 unspecified atom stereocenters. The van der Waals surface area contributed by atoms with Gasteiger partial charge in [-0.05, 0) is 24.8 Å². The first kappa shape index (κ1) is 13.7. The lowest BCUT2D eigenvalue weighted by molar-refractivity contribution is -0.124. The summed E-state index contributed by atoms with van der Waals surface area (Å²) in [6.45, 7) is 5.85. The molecule has 0 aliphatic carbocycles. The molecule has 1 aliphatic rings. The van der Waals surface area contributed by atoms with Gasteiger partial charge in [-0.2, -0.15) is 0 Å². The fourth-order valence-electron chi connectivity index (χ4n) is 2.10. The van der Waals surface area contributed by atoms with Gasteiger partial charge in [-0.15, -0.1) is 0 Å². The first-order chi connectivity index (χ1) is 8.93. The molecule has 2 atom stereocenters. The van der Waals surface area contributed by atoms with Crippen molar-refractivity contribution in [1.29, 1.82) is 0 Å². The number of aliphatic imine (C=N–C) groups is 1. The normalized spacial score (nSPS) is 24.3. The van der Waals surface area contributed by atoms with Gasteiger partial charge in [0, 0.05) is 0 Å². The Hall–Kier alpha value is -1.68. The maximum Gasteiger partial charge on any atom is 0.253 e. The summed E-state index contributed by atoms with van der Waals surface area (Å²) in [5.74, 6) is 0.694. The van der Waals surface area contributed by atoms with E-state index in [1.807, 2.05) is 51.1 Å². The van der Waals surface area contributed by atoms with Crippen LogP contribution in [0.5, 0.6) is 0 Å². The third kappa shape index (κ3) is 2.68. The number of nitrogens with two attached hydrogens (primary N) is 1. The van der Waals surface area contributed by atoms with Crippen LogP contribution in [-0.4, -0.2) is 23.3 Å². The molecule has 4 nitrogen and oxygen atoms in total. The standard InChI is InChI=1S/C15H21N3O/c1-10(2)15(3)14(19)17-13(18-15)12(16)9-11-7-5-4-6-8-11/h4-8,10,12H,9,16H2,1-3H3,(H,17,18,19)/t12-,15?/m0/s1. The van der Waals surface area contributed by atoms with Gasteiger partial charge in [-0.1, -0.05) is 44.2 Å². The van der Waals surface area contributed by atoms with Crippen LogP contribution in [-0.2, 0) is 11.2 Å². The molecule has 0 saturated carbocycles. The van der Waals surface area contributed by atoms with Gasteiger partial charge < -0.3 is 11.1 Å². The second-order valence-corrected chi connectivity index (χ2v) is 5.55. The molecule has 0 fully saturated rings. The minimum Gasteiger partial charge on any atom is -0.321 e. The van der Waals surface area contributed by atoms with E-state index in [1.165, 1.54) is 0 Å². The van der Waals surface area contributed by atoms with Crippen molar-refractivity contribution in [3.8, 4) is 0 Å². The van der Waals surface area contributed by atoms with E-state index in [0.717, 1.165) is 5.56 Å². The summed E-state index contributed by atoms with van der Waals surface area (Å²) in [5, 5.41) is 2.83. The van der Waals surface area contributed by atoms with E-state index in [4.69, 9.17) is 5.73 Å². The van der Waals surface area contributed by atoms with Gasteiger partial charge in [-0.25, -0.2) is 0 Å². The molecule has 4 heteroatoms. The number of nitrogens with one attached hydrogen (secondary N) is 1. The van der Waals surface area contributed by atoms with Crippen LogP contribution in [0.3, 0.4) is 0 Å². The molecule has 3 N–H and O–H groups in total.